The molecule has 0 saturated carbocycles. The molecule has 28 heavy (non-hydrogen) atoms. The fraction of sp³-hybridized carbons (Fsp3) is 0.200. The Labute approximate surface area is 180 Å². The molecule has 0 N–H and O–H groups in total. The van der Waals surface area contributed by atoms with E-state index in [-0.39, 0.29) is 18.3 Å². The number of nitrogens with zero attached hydrogens (tertiary/aromatic N) is 1. The van der Waals surface area contributed by atoms with Gasteiger partial charge in [0.05, 0.1) is 12.0 Å². The summed E-state index contributed by atoms with van der Waals surface area (Å²) in [6, 6.07) is 9.95. The summed E-state index contributed by atoms with van der Waals surface area (Å²) in [6.07, 6.45) is 1.77. The van der Waals surface area contributed by atoms with E-state index in [1.165, 1.54) is 24.9 Å². The molecule has 4 nitrogen and oxygen atoms in total. The summed E-state index contributed by atoms with van der Waals surface area (Å²) in [5, 5.41) is 0. The molecule has 1 aliphatic heterocycles. The lowest BCUT2D eigenvalue weighted by Gasteiger charge is -2.13. The Kier molecular flexibility index (Phi) is 6.74. The van der Waals surface area contributed by atoms with E-state index in [2.05, 4.69) is 15.9 Å². The summed E-state index contributed by atoms with van der Waals surface area (Å²) in [5.74, 6) is 0.519. The molecule has 0 unspecified atom stereocenters. The van der Waals surface area contributed by atoms with Gasteiger partial charge in [0.2, 0.25) is 0 Å². The highest BCUT2D eigenvalue weighted by molar-refractivity contribution is 9.10. The molecule has 1 aliphatic rings. The molecule has 3 rings (SSSR count). The molecule has 1 saturated heterocycles. The second-order valence-electron chi connectivity index (χ2n) is 5.83. The maximum absolute atomic E-state index is 13.8. The third-order valence-electron chi connectivity index (χ3n) is 4.10. The van der Waals surface area contributed by atoms with E-state index in [0.717, 1.165) is 10.0 Å². The standard InChI is InChI=1S/C20H17BrFNO3S2/c1-3-23-19(24)18(28-20(23)27)9-13-8-16(25-2)17(10-14(13)21)26-11-12-6-4-5-7-15(12)22/h4-10H,3,11H2,1-2H3/b18-9-. The molecule has 0 bridgehead atoms. The fourth-order valence-electron chi connectivity index (χ4n) is 2.62. The van der Waals surface area contributed by atoms with Crippen molar-refractivity contribution in [3.05, 3.63) is 62.7 Å². The molecule has 2 aromatic carbocycles. The van der Waals surface area contributed by atoms with Crippen molar-refractivity contribution in [2.45, 2.75) is 13.5 Å². The number of hydrogen-bond acceptors (Lipinski definition) is 5. The first-order valence-corrected chi connectivity index (χ1v) is 10.5. The van der Waals surface area contributed by atoms with Gasteiger partial charge in [0.1, 0.15) is 16.7 Å². The Bertz CT molecular complexity index is 964. The third-order valence-corrected chi connectivity index (χ3v) is 6.16. The second-order valence-corrected chi connectivity index (χ2v) is 8.36. The first-order valence-electron chi connectivity index (χ1n) is 8.43. The predicted octanol–water partition coefficient (Wildman–Crippen LogP) is 5.40. The van der Waals surface area contributed by atoms with Crippen LogP contribution in [0.15, 0.2) is 45.8 Å². The molecular weight excluding hydrogens is 465 g/mol. The first kappa shape index (κ1) is 20.8. The summed E-state index contributed by atoms with van der Waals surface area (Å²) in [6.45, 7) is 2.49. The molecule has 2 aromatic rings. The molecule has 0 atom stereocenters. The van der Waals surface area contributed by atoms with Gasteiger partial charge in [-0.15, -0.1) is 0 Å². The first-order chi connectivity index (χ1) is 13.4. The maximum Gasteiger partial charge on any atom is 0.266 e. The van der Waals surface area contributed by atoms with Crippen LogP contribution in [0, 0.1) is 5.82 Å². The van der Waals surface area contributed by atoms with Crippen LogP contribution >= 0.6 is 39.9 Å². The lowest BCUT2D eigenvalue weighted by molar-refractivity contribution is -0.121. The third kappa shape index (κ3) is 4.39. The van der Waals surface area contributed by atoms with Gasteiger partial charge in [-0.05, 0) is 36.8 Å². The molecule has 0 aliphatic carbocycles. The SMILES string of the molecule is CCN1C(=O)/C(=C/c2cc(OC)c(OCc3ccccc3F)cc2Br)SC1=S. The van der Waals surface area contributed by atoms with Crippen molar-refractivity contribution in [3.63, 3.8) is 0 Å². The maximum atomic E-state index is 13.8. The number of carbonyl (C=O) groups is 1. The van der Waals surface area contributed by atoms with Gasteiger partial charge >= 0.3 is 0 Å². The van der Waals surface area contributed by atoms with Crippen molar-refractivity contribution < 1.29 is 18.7 Å². The Morgan fingerprint density at radius 2 is 2.04 bits per heavy atom. The Morgan fingerprint density at radius 3 is 2.68 bits per heavy atom. The van der Waals surface area contributed by atoms with E-state index in [1.54, 1.807) is 41.3 Å². The quantitative estimate of drug-likeness (QED) is 0.408. The minimum Gasteiger partial charge on any atom is -0.493 e. The number of carbonyl (C=O) groups excluding carboxylic acids is 1. The molecule has 0 aromatic heterocycles. The van der Waals surface area contributed by atoms with Crippen molar-refractivity contribution in [2.24, 2.45) is 0 Å². The van der Waals surface area contributed by atoms with Crippen molar-refractivity contribution in [1.29, 1.82) is 0 Å². The highest BCUT2D eigenvalue weighted by atomic mass is 79.9. The highest BCUT2D eigenvalue weighted by Crippen LogP contribution is 2.38. The minimum atomic E-state index is -0.324. The lowest BCUT2D eigenvalue weighted by atomic mass is 10.1. The van der Waals surface area contributed by atoms with Crippen molar-refractivity contribution in [1.82, 2.24) is 4.90 Å². The fourth-order valence-corrected chi connectivity index (χ4v) is 4.43. The molecule has 0 radical (unpaired) electrons. The molecule has 1 heterocycles. The molecular formula is C20H17BrFNO3S2. The van der Waals surface area contributed by atoms with Crippen molar-refractivity contribution in [2.75, 3.05) is 13.7 Å². The van der Waals surface area contributed by atoms with Gasteiger partial charge in [-0.1, -0.05) is 58.1 Å². The number of methoxy groups -OCH3 is 1. The van der Waals surface area contributed by atoms with Gasteiger partial charge < -0.3 is 9.47 Å². The van der Waals surface area contributed by atoms with E-state index in [4.69, 9.17) is 21.7 Å². The number of benzene rings is 2. The normalized spacial score (nSPS) is 15.4. The summed E-state index contributed by atoms with van der Waals surface area (Å²) in [5.41, 5.74) is 1.21. The lowest BCUT2D eigenvalue weighted by Crippen LogP contribution is -2.27. The smallest absolute Gasteiger partial charge is 0.266 e. The van der Waals surface area contributed by atoms with Gasteiger partial charge in [-0.25, -0.2) is 4.39 Å². The van der Waals surface area contributed by atoms with Crippen LogP contribution in [0.1, 0.15) is 18.1 Å². The average Bonchev–Trinajstić information content (AvgIpc) is 2.95. The zero-order valence-electron chi connectivity index (χ0n) is 15.2. The number of thiocarbonyl (C=S) groups is 1. The van der Waals surface area contributed by atoms with Crippen LogP contribution in [0.5, 0.6) is 11.5 Å². The van der Waals surface area contributed by atoms with E-state index in [0.29, 0.717) is 32.8 Å². The minimum absolute atomic E-state index is 0.0734. The number of ether oxygens (including phenoxy) is 2. The van der Waals surface area contributed by atoms with Gasteiger partial charge in [-0.3, -0.25) is 9.69 Å². The zero-order valence-corrected chi connectivity index (χ0v) is 18.4. The van der Waals surface area contributed by atoms with Crippen molar-refractivity contribution >= 4 is 56.2 Å². The summed E-state index contributed by atoms with van der Waals surface area (Å²) < 4.78 is 26.2. The van der Waals surface area contributed by atoms with Crippen LogP contribution in [-0.4, -0.2) is 28.8 Å². The molecule has 1 amide bonds. The van der Waals surface area contributed by atoms with Gasteiger partial charge in [-0.2, -0.15) is 0 Å². The van der Waals surface area contributed by atoms with Crippen LogP contribution in [0.25, 0.3) is 6.08 Å². The van der Waals surface area contributed by atoms with Crippen LogP contribution < -0.4 is 9.47 Å². The number of amides is 1. The molecule has 0 spiro atoms. The Balaban J connectivity index is 1.86. The van der Waals surface area contributed by atoms with E-state index >= 15 is 0 Å². The highest BCUT2D eigenvalue weighted by Gasteiger charge is 2.30. The zero-order chi connectivity index (χ0) is 20.3. The molecule has 8 heteroatoms. The summed E-state index contributed by atoms with van der Waals surface area (Å²) >= 11 is 10.0. The largest absolute Gasteiger partial charge is 0.493 e. The van der Waals surface area contributed by atoms with E-state index < -0.39 is 0 Å². The van der Waals surface area contributed by atoms with Gasteiger partial charge in [0, 0.05) is 16.6 Å². The number of rotatable bonds is 6. The summed E-state index contributed by atoms with van der Waals surface area (Å²) in [4.78, 5) is 14.5. The molecule has 146 valence electrons. The monoisotopic (exact) mass is 481 g/mol. The van der Waals surface area contributed by atoms with Crippen LogP contribution in [0.3, 0.4) is 0 Å². The second kappa shape index (κ2) is 9.07. The van der Waals surface area contributed by atoms with Crippen molar-refractivity contribution in [3.8, 4) is 11.5 Å². The average molecular weight is 482 g/mol. The van der Waals surface area contributed by atoms with Gasteiger partial charge in [0.15, 0.2) is 11.5 Å². The number of thioether (sulfide) groups is 1. The van der Waals surface area contributed by atoms with Gasteiger partial charge in [0.25, 0.3) is 5.91 Å². The van der Waals surface area contributed by atoms with Crippen LogP contribution in [0.2, 0.25) is 0 Å². The van der Waals surface area contributed by atoms with Crippen LogP contribution in [0.4, 0.5) is 4.39 Å². The van der Waals surface area contributed by atoms with E-state index in [9.17, 15) is 9.18 Å². The molecule has 1 fully saturated rings. The summed E-state index contributed by atoms with van der Waals surface area (Å²) in [7, 11) is 1.53. The van der Waals surface area contributed by atoms with Crippen LogP contribution in [-0.2, 0) is 11.4 Å². The van der Waals surface area contributed by atoms with E-state index in [1.807, 2.05) is 6.92 Å². The topological polar surface area (TPSA) is 38.8 Å². The number of likely N-dealkylation sites (N-methyl/N-ethyl adjacent to an activating group) is 1. The predicted molar refractivity (Wildman–Crippen MR) is 117 cm³/mol. The Morgan fingerprint density at radius 1 is 1.29 bits per heavy atom. The number of hydrogen-bond donors (Lipinski definition) is 0. The Hall–Kier alpha value is -1.90. The number of halogens is 2.